The summed E-state index contributed by atoms with van der Waals surface area (Å²) >= 11 is 0. The number of nitrogens with zero attached hydrogens (tertiary/aromatic N) is 2. The number of carbonyl (C=O) groups is 2. The van der Waals surface area contributed by atoms with Crippen LogP contribution in [0.1, 0.15) is 26.4 Å². The molecule has 0 aliphatic heterocycles. The minimum absolute atomic E-state index is 0.187. The molecule has 4 nitrogen and oxygen atoms in total. The molecule has 5 aromatic carbocycles. The topological polar surface area (TPSA) is 44.0 Å². The van der Waals surface area contributed by atoms with E-state index in [-0.39, 0.29) is 17.1 Å². The molecule has 0 atom stereocenters. The fourth-order valence-corrected chi connectivity index (χ4v) is 6.11. The van der Waals surface area contributed by atoms with Crippen LogP contribution in [0.2, 0.25) is 0 Å². The van der Waals surface area contributed by atoms with Crippen LogP contribution in [0.15, 0.2) is 145 Å². The number of aromatic nitrogens is 2. The quantitative estimate of drug-likeness (QED) is 0.166. The van der Waals surface area contributed by atoms with Crippen LogP contribution in [0.25, 0.3) is 50.5 Å². The largest absolute Gasteiger partial charge is 0.308 e. The minimum atomic E-state index is -0.234. The fourth-order valence-electron chi connectivity index (χ4n) is 6.11. The Kier molecular flexibility index (Phi) is 5.41. The highest BCUT2D eigenvalue weighted by Crippen LogP contribution is 2.37. The van der Waals surface area contributed by atoms with Gasteiger partial charge in [0.1, 0.15) is 0 Å². The average Bonchev–Trinajstić information content (AvgIpc) is 3.66. The van der Waals surface area contributed by atoms with E-state index in [9.17, 15) is 9.59 Å². The second-order valence-corrected chi connectivity index (χ2v) is 10.5. The van der Waals surface area contributed by atoms with Crippen LogP contribution in [-0.2, 0) is 0 Å². The van der Waals surface area contributed by atoms with E-state index in [2.05, 4.69) is 45.5 Å². The van der Waals surface area contributed by atoms with Gasteiger partial charge in [-0.3, -0.25) is 9.59 Å². The summed E-state index contributed by atoms with van der Waals surface area (Å²) < 4.78 is 4.38. The van der Waals surface area contributed by atoms with Crippen molar-refractivity contribution in [3.05, 3.63) is 162 Å². The van der Waals surface area contributed by atoms with Crippen molar-refractivity contribution in [2.45, 2.75) is 0 Å². The van der Waals surface area contributed by atoms with E-state index in [1.54, 1.807) is 6.08 Å². The number of hydrogen-bond acceptors (Lipinski definition) is 2. The van der Waals surface area contributed by atoms with Crippen LogP contribution in [0, 0.1) is 0 Å². The predicted molar refractivity (Wildman–Crippen MR) is 169 cm³/mol. The molecule has 42 heavy (non-hydrogen) atoms. The number of ketones is 2. The number of fused-ring (bicyclic) bond motifs is 3. The van der Waals surface area contributed by atoms with Crippen LogP contribution in [0.3, 0.4) is 0 Å². The van der Waals surface area contributed by atoms with Crippen molar-refractivity contribution in [1.29, 1.82) is 0 Å². The van der Waals surface area contributed by atoms with E-state index >= 15 is 0 Å². The lowest BCUT2D eigenvalue weighted by atomic mass is 10.0. The summed E-state index contributed by atoms with van der Waals surface area (Å²) in [6, 6.07) is 46.4. The molecule has 4 heteroatoms. The van der Waals surface area contributed by atoms with Gasteiger partial charge >= 0.3 is 0 Å². The van der Waals surface area contributed by atoms with Crippen molar-refractivity contribution in [3.63, 3.8) is 0 Å². The maximum atomic E-state index is 13.7. The molecule has 0 radical (unpaired) electrons. The van der Waals surface area contributed by atoms with E-state index in [1.807, 2.05) is 103 Å². The first-order chi connectivity index (χ1) is 20.7. The maximum absolute atomic E-state index is 13.7. The molecule has 2 aromatic heterocycles. The Balaban J connectivity index is 1.38. The van der Waals surface area contributed by atoms with E-state index in [4.69, 9.17) is 0 Å². The van der Waals surface area contributed by atoms with Crippen LogP contribution in [-0.4, -0.2) is 20.7 Å². The molecule has 0 fully saturated rings. The molecule has 198 valence electrons. The predicted octanol–water partition coefficient (Wildman–Crippen LogP) is 8.70. The smallest absolute Gasteiger partial charge is 0.197 e. The number of carbonyl (C=O) groups excluding carboxylic acids is 2. The second-order valence-electron chi connectivity index (χ2n) is 10.5. The zero-order valence-electron chi connectivity index (χ0n) is 22.6. The first-order valence-corrected chi connectivity index (χ1v) is 13.9. The standard InChI is InChI=1S/C38H24N2O2/c41-37-31-20-26-14-10-11-15-27(26)21-32(31)38(42)33(37)22-30-23-35-36(39(30)28-16-6-2-7-17-28)24-34(25-12-4-1-5-13-25)40(35)29-18-8-3-9-19-29/h1-24H. The van der Waals surface area contributed by atoms with Crippen LogP contribution >= 0.6 is 0 Å². The summed E-state index contributed by atoms with van der Waals surface area (Å²) in [6.07, 6.45) is 1.76. The Hall–Kier alpha value is -5.74. The molecule has 0 unspecified atom stereocenters. The van der Waals surface area contributed by atoms with Gasteiger partial charge in [-0.25, -0.2) is 0 Å². The summed E-state index contributed by atoms with van der Waals surface area (Å²) in [5.41, 5.74) is 7.99. The fraction of sp³-hybridized carbons (Fsp3) is 0. The van der Waals surface area contributed by atoms with Gasteiger partial charge in [-0.05, 0) is 70.9 Å². The Labute approximate surface area is 242 Å². The second kappa shape index (κ2) is 9.43. The molecule has 0 saturated carbocycles. The molecule has 1 aliphatic rings. The third-order valence-electron chi connectivity index (χ3n) is 8.06. The van der Waals surface area contributed by atoms with E-state index < -0.39 is 0 Å². The van der Waals surface area contributed by atoms with Crippen LogP contribution in [0.5, 0.6) is 0 Å². The molecule has 0 bridgehead atoms. The molecule has 0 amide bonds. The van der Waals surface area contributed by atoms with Crippen molar-refractivity contribution < 1.29 is 9.59 Å². The molecular formula is C38H24N2O2. The van der Waals surface area contributed by atoms with Crippen molar-refractivity contribution in [2.24, 2.45) is 0 Å². The summed E-state index contributed by atoms with van der Waals surface area (Å²) in [5.74, 6) is -0.468. The Morgan fingerprint density at radius 2 is 0.952 bits per heavy atom. The van der Waals surface area contributed by atoms with Crippen molar-refractivity contribution in [2.75, 3.05) is 0 Å². The highest BCUT2D eigenvalue weighted by Gasteiger charge is 2.34. The van der Waals surface area contributed by atoms with E-state index in [0.29, 0.717) is 11.1 Å². The first kappa shape index (κ1) is 24.1. The van der Waals surface area contributed by atoms with E-state index in [0.717, 1.165) is 50.1 Å². The summed E-state index contributed by atoms with van der Waals surface area (Å²) in [5, 5.41) is 1.89. The monoisotopic (exact) mass is 540 g/mol. The molecule has 2 heterocycles. The Morgan fingerprint density at radius 3 is 1.52 bits per heavy atom. The SMILES string of the molecule is O=C1C(=Cc2cc3c(cc(-c4ccccc4)n3-c3ccccc3)n2-c2ccccc2)C(=O)c2cc3ccccc3cc21. The van der Waals surface area contributed by atoms with Crippen molar-refractivity contribution in [3.8, 4) is 22.6 Å². The summed E-state index contributed by atoms with van der Waals surface area (Å²) in [4.78, 5) is 27.4. The van der Waals surface area contributed by atoms with Gasteiger partial charge in [-0.1, -0.05) is 91.0 Å². The highest BCUT2D eigenvalue weighted by atomic mass is 16.2. The molecule has 0 spiro atoms. The van der Waals surface area contributed by atoms with Gasteiger partial charge < -0.3 is 9.13 Å². The van der Waals surface area contributed by atoms with Gasteiger partial charge in [-0.2, -0.15) is 0 Å². The number of hydrogen-bond donors (Lipinski definition) is 0. The van der Waals surface area contributed by atoms with Gasteiger partial charge in [0.15, 0.2) is 11.6 Å². The summed E-state index contributed by atoms with van der Waals surface area (Å²) in [6.45, 7) is 0. The summed E-state index contributed by atoms with van der Waals surface area (Å²) in [7, 11) is 0. The molecule has 0 saturated heterocycles. The Morgan fingerprint density at radius 1 is 0.476 bits per heavy atom. The van der Waals surface area contributed by atoms with Crippen molar-refractivity contribution in [1.82, 2.24) is 9.13 Å². The molecule has 8 rings (SSSR count). The zero-order valence-corrected chi connectivity index (χ0v) is 22.6. The minimum Gasteiger partial charge on any atom is -0.308 e. The normalized spacial score (nSPS) is 12.8. The molecular weight excluding hydrogens is 516 g/mol. The lowest BCUT2D eigenvalue weighted by molar-refractivity contribution is 0.0990. The first-order valence-electron chi connectivity index (χ1n) is 13.9. The number of benzene rings is 5. The third kappa shape index (κ3) is 3.70. The van der Waals surface area contributed by atoms with Crippen molar-refractivity contribution >= 4 is 39.4 Å². The third-order valence-corrected chi connectivity index (χ3v) is 8.06. The number of Topliss-reactive ketones (excluding diaryl/α,β-unsaturated/α-hetero) is 2. The van der Waals surface area contributed by atoms with Gasteiger partial charge in [0.2, 0.25) is 0 Å². The molecule has 1 aliphatic carbocycles. The van der Waals surface area contributed by atoms with Gasteiger partial charge in [0.05, 0.1) is 22.3 Å². The number of rotatable bonds is 4. The lowest BCUT2D eigenvalue weighted by Gasteiger charge is -2.10. The Bertz CT molecular complexity index is 2150. The van der Waals surface area contributed by atoms with Gasteiger partial charge in [0, 0.05) is 28.2 Å². The van der Waals surface area contributed by atoms with Crippen LogP contribution < -0.4 is 0 Å². The highest BCUT2D eigenvalue weighted by molar-refractivity contribution is 6.42. The molecule has 7 aromatic rings. The van der Waals surface area contributed by atoms with Crippen LogP contribution in [0.4, 0.5) is 0 Å². The number of allylic oxidation sites excluding steroid dienone is 1. The zero-order chi connectivity index (χ0) is 28.2. The van der Waals surface area contributed by atoms with Gasteiger partial charge in [0.25, 0.3) is 0 Å². The van der Waals surface area contributed by atoms with E-state index in [1.165, 1.54) is 0 Å². The number of para-hydroxylation sites is 2. The molecule has 0 N–H and O–H groups in total. The average molecular weight is 541 g/mol. The maximum Gasteiger partial charge on any atom is 0.197 e. The van der Waals surface area contributed by atoms with Gasteiger partial charge in [-0.15, -0.1) is 0 Å². The lowest BCUT2D eigenvalue weighted by Crippen LogP contribution is -2.03.